The third-order valence-electron chi connectivity index (χ3n) is 2.14. The maximum atomic E-state index is 10.4. The predicted octanol–water partition coefficient (Wildman–Crippen LogP) is -6.66. The molecule has 0 aromatic heterocycles. The molecule has 0 heterocycles. The molecule has 136 valence electrons. The summed E-state index contributed by atoms with van der Waals surface area (Å²) in [5.74, 6) is -6.12. The molecule has 8 N–H and O–H groups in total. The second-order valence-electron chi connectivity index (χ2n) is 3.91. The Morgan fingerprint density at radius 3 is 0.870 bits per heavy atom. The Kier molecular flexibility index (Phi) is 19.3. The van der Waals surface area contributed by atoms with Crippen LogP contribution >= 0.6 is 0 Å². The van der Waals surface area contributed by atoms with Gasteiger partial charge >= 0.3 is 17.1 Å². The van der Waals surface area contributed by atoms with E-state index in [-0.39, 0.29) is 42.5 Å². The molecule has 0 fully saturated rings. The molecule has 0 aliphatic carbocycles. The molecule has 0 saturated carbocycles. The number of quaternary nitrogens is 2. The minimum Gasteiger partial charge on any atom is -0.549 e. The quantitative estimate of drug-likeness (QED) is 0.321. The molecule has 0 unspecified atom stereocenters. The van der Waals surface area contributed by atoms with Gasteiger partial charge in [-0.3, -0.25) is 9.80 Å². The molecular weight excluding hydrogens is 360 g/mol. The summed E-state index contributed by atoms with van der Waals surface area (Å²) in [6.07, 6.45) is 0. The fraction of sp³-hybridized carbons (Fsp3) is 0.600. The predicted molar refractivity (Wildman–Crippen MR) is 64.9 cm³/mol. The van der Waals surface area contributed by atoms with E-state index in [4.69, 9.17) is 0 Å². The number of hydrogen-bond donors (Lipinski definition) is 2. The van der Waals surface area contributed by atoms with Crippen LogP contribution in [0.1, 0.15) is 0 Å². The van der Waals surface area contributed by atoms with Crippen LogP contribution in [-0.4, -0.2) is 72.9 Å². The molecule has 12 nitrogen and oxygen atoms in total. The van der Waals surface area contributed by atoms with Crippen molar-refractivity contribution in [3.63, 3.8) is 0 Å². The minimum absolute atomic E-state index is 0. The molecule has 0 aliphatic heterocycles. The number of aliphatic carboxylic acids is 4. The van der Waals surface area contributed by atoms with Crippen molar-refractivity contribution in [1.29, 1.82) is 0 Å². The second kappa shape index (κ2) is 15.1. The number of carboxylic acids is 4. The first-order valence-electron chi connectivity index (χ1n) is 5.44. The maximum absolute atomic E-state index is 10.4. The molecule has 0 radical (unpaired) electrons. The Bertz CT molecular complexity index is 327. The Balaban J connectivity index is -0.000000602. The molecule has 0 aliphatic rings. The summed E-state index contributed by atoms with van der Waals surface area (Å²) in [5, 5.41) is 41.6. The molecule has 0 atom stereocenters. The van der Waals surface area contributed by atoms with Crippen LogP contribution in [0.4, 0.5) is 0 Å². The largest absolute Gasteiger partial charge is 2.00 e. The minimum atomic E-state index is -1.53. The van der Waals surface area contributed by atoms with Gasteiger partial charge in [0.25, 0.3) is 0 Å². The Labute approximate surface area is 142 Å². The summed E-state index contributed by atoms with van der Waals surface area (Å²) < 4.78 is 0. The third-order valence-corrected chi connectivity index (χ3v) is 2.14. The molecule has 0 spiro atoms. The van der Waals surface area contributed by atoms with Crippen molar-refractivity contribution < 1.29 is 56.7 Å². The van der Waals surface area contributed by atoms with Crippen LogP contribution < -0.4 is 32.7 Å². The number of carboxylic acid groups (broad SMARTS) is 4. The normalized spacial score (nSPS) is 9.30. The second-order valence-corrected chi connectivity index (χ2v) is 3.91. The van der Waals surface area contributed by atoms with Crippen molar-refractivity contribution in [3.05, 3.63) is 0 Å². The van der Waals surface area contributed by atoms with Gasteiger partial charge in [-0.2, -0.15) is 0 Å². The van der Waals surface area contributed by atoms with Gasteiger partial charge in [0.15, 0.2) is 0 Å². The van der Waals surface area contributed by atoms with Gasteiger partial charge in [-0.05, 0) is 0 Å². The fourth-order valence-corrected chi connectivity index (χ4v) is 1.44. The van der Waals surface area contributed by atoms with E-state index in [0.717, 1.165) is 9.80 Å². The molecule has 0 bridgehead atoms. The molecular formula is C10H20FeN4O8. The summed E-state index contributed by atoms with van der Waals surface area (Å²) >= 11 is 0. The summed E-state index contributed by atoms with van der Waals surface area (Å²) in [4.78, 5) is 43.4. The number of rotatable bonds is 11. The van der Waals surface area contributed by atoms with E-state index in [1.165, 1.54) is 0 Å². The maximum Gasteiger partial charge on any atom is 2.00 e. The molecule has 0 aromatic carbocycles. The molecule has 13 heteroatoms. The van der Waals surface area contributed by atoms with Gasteiger partial charge in [-0.15, -0.1) is 0 Å². The average molecular weight is 380 g/mol. The average Bonchev–Trinajstić information content (AvgIpc) is 2.22. The van der Waals surface area contributed by atoms with Gasteiger partial charge < -0.3 is 51.9 Å². The standard InChI is InChI=1S/C10H16N2O8.Fe.2H3N/c13-7(14)3-11(4-8(15)16)1-2-12(5-9(17)18)6-10(19)20;;;/h1-6H2,(H,13,14)(H,15,16)(H,17,18)(H,19,20);;2*1H3/q;+2;;/p-2. The van der Waals surface area contributed by atoms with Gasteiger partial charge in [0.1, 0.15) is 0 Å². The first-order chi connectivity index (χ1) is 9.20. The van der Waals surface area contributed by atoms with Gasteiger partial charge in [-0.1, -0.05) is 0 Å². The Morgan fingerprint density at radius 1 is 0.565 bits per heavy atom. The van der Waals surface area contributed by atoms with E-state index < -0.39 is 50.1 Å². The van der Waals surface area contributed by atoms with Crippen molar-refractivity contribution in [3.8, 4) is 0 Å². The van der Waals surface area contributed by atoms with Crippen molar-refractivity contribution in [2.75, 3.05) is 39.3 Å². The third kappa shape index (κ3) is 18.2. The molecule has 0 aromatic rings. The summed E-state index contributed by atoms with van der Waals surface area (Å²) in [5.41, 5.74) is 0. The molecule has 0 saturated heterocycles. The van der Waals surface area contributed by atoms with Crippen LogP contribution in [-0.2, 0) is 36.2 Å². The monoisotopic (exact) mass is 380 g/mol. The zero-order valence-electron chi connectivity index (χ0n) is 12.8. The smallest absolute Gasteiger partial charge is 0.549 e. The van der Waals surface area contributed by atoms with Crippen LogP contribution in [0.2, 0.25) is 0 Å². The number of nitrogens with zero attached hydrogens (tertiary/aromatic N) is 2. The van der Waals surface area contributed by atoms with Crippen molar-refractivity contribution in [1.82, 2.24) is 22.1 Å². The van der Waals surface area contributed by atoms with Crippen LogP contribution in [0.3, 0.4) is 0 Å². The molecule has 0 rings (SSSR count). The van der Waals surface area contributed by atoms with Crippen LogP contribution in [0, 0.1) is 0 Å². The zero-order valence-corrected chi connectivity index (χ0v) is 13.9. The van der Waals surface area contributed by atoms with Crippen molar-refractivity contribution >= 4 is 23.9 Å². The molecule has 0 amide bonds. The number of carbonyl (C=O) groups excluding carboxylic acids is 4. The Morgan fingerprint density at radius 2 is 0.739 bits per heavy atom. The number of carbonyl (C=O) groups is 4. The van der Waals surface area contributed by atoms with Crippen molar-refractivity contribution in [2.45, 2.75) is 0 Å². The van der Waals surface area contributed by atoms with Crippen LogP contribution in [0.5, 0.6) is 0 Å². The topological polar surface area (TPSA) is 240 Å². The number of hydrogen-bond acceptors (Lipinski definition) is 10. The SMILES string of the molecule is O=C([O-])CN(CCN(CC(=O)[O-])CC(=O)[O-])CC(=O)[O-].[Fe+2].[NH4+].[NH4+]. The summed E-state index contributed by atoms with van der Waals surface area (Å²) in [7, 11) is 0. The van der Waals surface area contributed by atoms with Gasteiger partial charge in [0, 0.05) is 39.3 Å². The van der Waals surface area contributed by atoms with Gasteiger partial charge in [0.05, 0.1) is 23.9 Å². The van der Waals surface area contributed by atoms with Gasteiger partial charge in [0.2, 0.25) is 0 Å². The summed E-state index contributed by atoms with van der Waals surface area (Å²) in [6.45, 7) is -3.25. The zero-order chi connectivity index (χ0) is 15.7. The van der Waals surface area contributed by atoms with Gasteiger partial charge in [-0.25, -0.2) is 0 Å². The van der Waals surface area contributed by atoms with E-state index in [1.807, 2.05) is 0 Å². The Hall–Kier alpha value is -1.76. The van der Waals surface area contributed by atoms with E-state index in [0.29, 0.717) is 0 Å². The van der Waals surface area contributed by atoms with Crippen molar-refractivity contribution in [2.24, 2.45) is 0 Å². The summed E-state index contributed by atoms with van der Waals surface area (Å²) in [6, 6.07) is 0. The first kappa shape index (κ1) is 29.3. The van der Waals surface area contributed by atoms with E-state index >= 15 is 0 Å². The first-order valence-corrected chi connectivity index (χ1v) is 5.44. The van der Waals surface area contributed by atoms with E-state index in [1.54, 1.807) is 0 Å². The van der Waals surface area contributed by atoms with E-state index in [2.05, 4.69) is 0 Å². The fourth-order valence-electron chi connectivity index (χ4n) is 1.44. The van der Waals surface area contributed by atoms with Crippen LogP contribution in [0.25, 0.3) is 0 Å². The van der Waals surface area contributed by atoms with Crippen LogP contribution in [0.15, 0.2) is 0 Å². The van der Waals surface area contributed by atoms with E-state index in [9.17, 15) is 39.6 Å². The molecule has 23 heavy (non-hydrogen) atoms.